The lowest BCUT2D eigenvalue weighted by molar-refractivity contribution is 0.757. The summed E-state index contributed by atoms with van der Waals surface area (Å²) < 4.78 is 0. The predicted octanol–water partition coefficient (Wildman–Crippen LogP) is 3.66. The molecule has 2 unspecified atom stereocenters. The van der Waals surface area contributed by atoms with Crippen molar-refractivity contribution in [3.63, 3.8) is 0 Å². The number of anilines is 2. The zero-order chi connectivity index (χ0) is 12.3. The first-order valence-corrected chi connectivity index (χ1v) is 7.48. The Labute approximate surface area is 108 Å². The lowest BCUT2D eigenvalue weighted by Crippen LogP contribution is -2.17. The van der Waals surface area contributed by atoms with Gasteiger partial charge in [0.2, 0.25) is 0 Å². The van der Waals surface area contributed by atoms with Crippen LogP contribution in [0.1, 0.15) is 31.7 Å². The Morgan fingerprint density at radius 2 is 2.24 bits per heavy atom. The van der Waals surface area contributed by atoms with Gasteiger partial charge in [-0.1, -0.05) is 13.0 Å². The van der Waals surface area contributed by atoms with Gasteiger partial charge in [-0.15, -0.1) is 0 Å². The molecule has 3 heteroatoms. The number of benzene rings is 1. The Hall–Kier alpha value is -0.830. The summed E-state index contributed by atoms with van der Waals surface area (Å²) in [5, 5.41) is 4.42. The Kier molecular flexibility index (Phi) is 4.21. The van der Waals surface area contributed by atoms with Crippen LogP contribution in [-0.2, 0) is 0 Å². The molecular weight excluding hydrogens is 228 g/mol. The lowest BCUT2D eigenvalue weighted by Gasteiger charge is -2.16. The molecule has 0 spiro atoms. The highest BCUT2D eigenvalue weighted by molar-refractivity contribution is 7.99. The van der Waals surface area contributed by atoms with Gasteiger partial charge in [-0.3, -0.25) is 0 Å². The molecule has 3 N–H and O–H groups in total. The molecule has 1 fully saturated rings. The summed E-state index contributed by atoms with van der Waals surface area (Å²) in [5.41, 5.74) is 9.22. The maximum atomic E-state index is 6.03. The van der Waals surface area contributed by atoms with E-state index in [1.165, 1.54) is 30.6 Å². The second-order valence-corrected chi connectivity index (χ2v) is 6.40. The van der Waals surface area contributed by atoms with Crippen molar-refractivity contribution in [2.75, 3.05) is 16.8 Å². The molecule has 0 bridgehead atoms. The highest BCUT2D eigenvalue weighted by Gasteiger charge is 2.24. The van der Waals surface area contributed by atoms with Crippen LogP contribution in [0.5, 0.6) is 0 Å². The maximum Gasteiger partial charge on any atom is 0.0576 e. The van der Waals surface area contributed by atoms with E-state index < -0.39 is 0 Å². The SMILES string of the molecule is CCSC1CCC(Nc2ccc(C)cc2N)C1. The fourth-order valence-electron chi connectivity index (χ4n) is 2.49. The summed E-state index contributed by atoms with van der Waals surface area (Å²) in [7, 11) is 0. The molecule has 2 rings (SSSR count). The molecule has 0 aromatic heterocycles. The van der Waals surface area contributed by atoms with Crippen molar-refractivity contribution in [3.05, 3.63) is 23.8 Å². The first kappa shape index (κ1) is 12.6. The monoisotopic (exact) mass is 250 g/mol. The molecule has 0 saturated heterocycles. The van der Waals surface area contributed by atoms with Crippen LogP contribution >= 0.6 is 11.8 Å². The van der Waals surface area contributed by atoms with Gasteiger partial charge in [0.1, 0.15) is 0 Å². The van der Waals surface area contributed by atoms with Crippen LogP contribution < -0.4 is 11.1 Å². The van der Waals surface area contributed by atoms with Crippen molar-refractivity contribution in [1.82, 2.24) is 0 Å². The van der Waals surface area contributed by atoms with Gasteiger partial charge in [0, 0.05) is 11.3 Å². The minimum atomic E-state index is 0.601. The summed E-state index contributed by atoms with van der Waals surface area (Å²) >= 11 is 2.09. The van der Waals surface area contributed by atoms with Crippen molar-refractivity contribution in [2.24, 2.45) is 0 Å². The minimum absolute atomic E-state index is 0.601. The number of nitrogens with one attached hydrogen (secondary N) is 1. The number of rotatable bonds is 4. The van der Waals surface area contributed by atoms with E-state index in [0.717, 1.165) is 16.6 Å². The molecule has 1 aromatic carbocycles. The number of nitrogen functional groups attached to an aromatic ring is 1. The first-order chi connectivity index (χ1) is 8.19. The number of aryl methyl sites for hydroxylation is 1. The van der Waals surface area contributed by atoms with E-state index in [1.54, 1.807) is 0 Å². The number of nitrogens with two attached hydrogens (primary N) is 1. The molecule has 17 heavy (non-hydrogen) atoms. The van der Waals surface area contributed by atoms with Crippen molar-refractivity contribution >= 4 is 23.1 Å². The lowest BCUT2D eigenvalue weighted by atomic mass is 10.1. The standard InChI is InChI=1S/C14H22N2S/c1-3-17-12-6-5-11(9-12)16-14-7-4-10(2)8-13(14)15/h4,7-8,11-12,16H,3,5-6,9,15H2,1-2H3. The molecule has 0 amide bonds. The Balaban J connectivity index is 1.93. The quantitative estimate of drug-likeness (QED) is 0.801. The van der Waals surface area contributed by atoms with E-state index >= 15 is 0 Å². The largest absolute Gasteiger partial charge is 0.397 e. The van der Waals surface area contributed by atoms with Gasteiger partial charge < -0.3 is 11.1 Å². The predicted molar refractivity (Wildman–Crippen MR) is 78.8 cm³/mol. The summed E-state index contributed by atoms with van der Waals surface area (Å²) in [6.45, 7) is 4.31. The molecule has 0 heterocycles. The Morgan fingerprint density at radius 1 is 1.41 bits per heavy atom. The van der Waals surface area contributed by atoms with Crippen molar-refractivity contribution in [3.8, 4) is 0 Å². The van der Waals surface area contributed by atoms with E-state index in [9.17, 15) is 0 Å². The molecule has 94 valence electrons. The van der Waals surface area contributed by atoms with Crippen LogP contribution in [0.25, 0.3) is 0 Å². The summed E-state index contributed by atoms with van der Waals surface area (Å²) in [6, 6.07) is 6.86. The van der Waals surface area contributed by atoms with Crippen molar-refractivity contribution < 1.29 is 0 Å². The van der Waals surface area contributed by atoms with Gasteiger partial charge in [0.25, 0.3) is 0 Å². The van der Waals surface area contributed by atoms with E-state index in [4.69, 9.17) is 5.73 Å². The molecule has 1 saturated carbocycles. The highest BCUT2D eigenvalue weighted by atomic mass is 32.2. The molecule has 0 radical (unpaired) electrons. The second-order valence-electron chi connectivity index (χ2n) is 4.82. The topological polar surface area (TPSA) is 38.0 Å². The van der Waals surface area contributed by atoms with E-state index in [1.807, 2.05) is 6.07 Å². The molecule has 1 aromatic rings. The normalized spacial score (nSPS) is 23.9. The summed E-state index contributed by atoms with van der Waals surface area (Å²) in [6.07, 6.45) is 3.87. The van der Waals surface area contributed by atoms with Gasteiger partial charge in [0.05, 0.1) is 11.4 Å². The van der Waals surface area contributed by atoms with Crippen LogP contribution in [0.3, 0.4) is 0 Å². The van der Waals surface area contributed by atoms with Crippen LogP contribution in [0.4, 0.5) is 11.4 Å². The fourth-order valence-corrected chi connectivity index (χ4v) is 3.63. The molecule has 1 aliphatic rings. The zero-order valence-electron chi connectivity index (χ0n) is 10.7. The minimum Gasteiger partial charge on any atom is -0.397 e. The van der Waals surface area contributed by atoms with Gasteiger partial charge in [-0.05, 0) is 49.6 Å². The maximum absolute atomic E-state index is 6.03. The smallest absolute Gasteiger partial charge is 0.0576 e. The van der Waals surface area contributed by atoms with Gasteiger partial charge in [-0.2, -0.15) is 11.8 Å². The molecule has 2 nitrogen and oxygen atoms in total. The van der Waals surface area contributed by atoms with Crippen LogP contribution in [0.2, 0.25) is 0 Å². The zero-order valence-corrected chi connectivity index (χ0v) is 11.5. The third kappa shape index (κ3) is 3.32. The average molecular weight is 250 g/mol. The van der Waals surface area contributed by atoms with Gasteiger partial charge in [0.15, 0.2) is 0 Å². The van der Waals surface area contributed by atoms with Gasteiger partial charge in [-0.25, -0.2) is 0 Å². The Morgan fingerprint density at radius 3 is 2.94 bits per heavy atom. The average Bonchev–Trinajstić information content (AvgIpc) is 2.71. The van der Waals surface area contributed by atoms with Crippen LogP contribution in [-0.4, -0.2) is 17.0 Å². The van der Waals surface area contributed by atoms with E-state index in [0.29, 0.717) is 6.04 Å². The third-order valence-electron chi connectivity index (χ3n) is 3.35. The number of hydrogen-bond acceptors (Lipinski definition) is 3. The van der Waals surface area contributed by atoms with Gasteiger partial charge >= 0.3 is 0 Å². The van der Waals surface area contributed by atoms with E-state index in [-0.39, 0.29) is 0 Å². The van der Waals surface area contributed by atoms with Crippen LogP contribution in [0.15, 0.2) is 18.2 Å². The highest BCUT2D eigenvalue weighted by Crippen LogP contribution is 2.32. The first-order valence-electron chi connectivity index (χ1n) is 6.43. The Bertz CT molecular complexity index is 378. The summed E-state index contributed by atoms with van der Waals surface area (Å²) in [5.74, 6) is 1.23. The van der Waals surface area contributed by atoms with Crippen LogP contribution in [0, 0.1) is 6.92 Å². The molecule has 1 aliphatic carbocycles. The van der Waals surface area contributed by atoms with Crippen molar-refractivity contribution in [2.45, 2.75) is 44.4 Å². The number of hydrogen-bond donors (Lipinski definition) is 2. The fraction of sp³-hybridized carbons (Fsp3) is 0.571. The van der Waals surface area contributed by atoms with E-state index in [2.05, 4.69) is 43.1 Å². The van der Waals surface area contributed by atoms with Crippen molar-refractivity contribution in [1.29, 1.82) is 0 Å². The summed E-state index contributed by atoms with van der Waals surface area (Å²) in [4.78, 5) is 0. The molecular formula is C14H22N2S. The third-order valence-corrected chi connectivity index (χ3v) is 4.59. The molecule has 2 atom stereocenters. The number of thioether (sulfide) groups is 1. The molecule has 0 aliphatic heterocycles. The second kappa shape index (κ2) is 5.67.